The monoisotopic (exact) mass is 162 g/mol. The van der Waals surface area contributed by atoms with E-state index in [0.717, 1.165) is 12.8 Å². The highest BCUT2D eigenvalue weighted by molar-refractivity contribution is 7.25. The third-order valence-electron chi connectivity index (χ3n) is 0.955. The fourth-order valence-corrected chi connectivity index (χ4v) is 0.625. The molecule has 0 aliphatic carbocycles. The molecule has 0 N–H and O–H groups in total. The first-order valence-electron chi connectivity index (χ1n) is 3.26. The lowest BCUT2D eigenvalue weighted by molar-refractivity contribution is -0.140. The molecule has 58 valence electrons. The highest BCUT2D eigenvalue weighted by atomic mass is 31.1. The Balaban J connectivity index is 3.13. The van der Waals surface area contributed by atoms with Crippen LogP contribution in [0.25, 0.3) is 0 Å². The summed E-state index contributed by atoms with van der Waals surface area (Å²) in [5, 5.41) is 0. The maximum Gasteiger partial charge on any atom is 0.317 e. The standard InChI is InChI=1S/C6H11O3P/c1-2-3-4-9-6(7)5-10-8/h2-5H2,1H3. The molecule has 0 heterocycles. The minimum Gasteiger partial charge on any atom is -0.465 e. The van der Waals surface area contributed by atoms with Gasteiger partial charge in [-0.1, -0.05) is 13.3 Å². The number of esters is 1. The van der Waals surface area contributed by atoms with Crippen molar-refractivity contribution >= 4 is 14.4 Å². The SMILES string of the molecule is CCCCOC(=O)CP=O. The summed E-state index contributed by atoms with van der Waals surface area (Å²) in [5.41, 5.74) is 0. The zero-order chi connectivity index (χ0) is 7.82. The predicted molar refractivity (Wildman–Crippen MR) is 38.3 cm³/mol. The molecule has 0 atom stereocenters. The van der Waals surface area contributed by atoms with E-state index in [0.29, 0.717) is 6.61 Å². The van der Waals surface area contributed by atoms with Gasteiger partial charge in [-0.05, 0) is 6.42 Å². The first kappa shape index (κ1) is 9.57. The first-order chi connectivity index (χ1) is 4.81. The van der Waals surface area contributed by atoms with Gasteiger partial charge in [0.1, 0.15) is 6.16 Å². The van der Waals surface area contributed by atoms with Crippen LogP contribution >= 0.6 is 8.46 Å². The number of carbonyl (C=O) groups excluding carboxylic acids is 1. The minimum atomic E-state index is -0.384. The Morgan fingerprint density at radius 2 is 2.30 bits per heavy atom. The summed E-state index contributed by atoms with van der Waals surface area (Å²) in [4.78, 5) is 10.5. The fraction of sp³-hybridized carbons (Fsp3) is 0.833. The van der Waals surface area contributed by atoms with Crippen LogP contribution in [0.1, 0.15) is 19.8 Å². The second-order valence-corrected chi connectivity index (χ2v) is 2.44. The van der Waals surface area contributed by atoms with Crippen LogP contribution in [0, 0.1) is 0 Å². The summed E-state index contributed by atoms with van der Waals surface area (Å²) in [6.07, 6.45) is 1.85. The van der Waals surface area contributed by atoms with Gasteiger partial charge >= 0.3 is 5.97 Å². The second-order valence-electron chi connectivity index (χ2n) is 1.86. The van der Waals surface area contributed by atoms with Gasteiger partial charge in [-0.3, -0.25) is 9.36 Å². The van der Waals surface area contributed by atoms with Gasteiger partial charge in [0.2, 0.25) is 0 Å². The Kier molecular flexibility index (Phi) is 6.40. The van der Waals surface area contributed by atoms with E-state index in [2.05, 4.69) is 4.74 Å². The lowest BCUT2D eigenvalue weighted by Crippen LogP contribution is -2.06. The van der Waals surface area contributed by atoms with Gasteiger partial charge in [-0.15, -0.1) is 0 Å². The van der Waals surface area contributed by atoms with E-state index in [9.17, 15) is 9.36 Å². The Hall–Kier alpha value is -0.430. The summed E-state index contributed by atoms with van der Waals surface area (Å²) in [7, 11) is -0.166. The Labute approximate surface area is 62.0 Å². The third kappa shape index (κ3) is 5.70. The highest BCUT2D eigenvalue weighted by Gasteiger charge is 1.99. The van der Waals surface area contributed by atoms with Crippen LogP contribution in [0.4, 0.5) is 0 Å². The van der Waals surface area contributed by atoms with Crippen LogP contribution < -0.4 is 0 Å². The number of unbranched alkanes of at least 4 members (excludes halogenated alkanes) is 1. The molecule has 0 amide bonds. The smallest absolute Gasteiger partial charge is 0.317 e. The van der Waals surface area contributed by atoms with Crippen molar-refractivity contribution in [1.82, 2.24) is 0 Å². The fourth-order valence-electron chi connectivity index (χ4n) is 0.429. The van der Waals surface area contributed by atoms with Gasteiger partial charge in [-0.2, -0.15) is 0 Å². The number of ether oxygens (including phenoxy) is 1. The van der Waals surface area contributed by atoms with Crippen molar-refractivity contribution < 1.29 is 14.1 Å². The van der Waals surface area contributed by atoms with E-state index in [4.69, 9.17) is 0 Å². The molecule has 0 saturated heterocycles. The number of rotatable bonds is 5. The maximum absolute atomic E-state index is 10.5. The lowest BCUT2D eigenvalue weighted by atomic mass is 10.4. The number of hydrogen-bond acceptors (Lipinski definition) is 3. The zero-order valence-electron chi connectivity index (χ0n) is 6.00. The summed E-state index contributed by atoms with van der Waals surface area (Å²) < 4.78 is 14.5. The molecule has 0 aromatic heterocycles. The number of carbonyl (C=O) groups is 1. The average molecular weight is 162 g/mol. The van der Waals surface area contributed by atoms with Crippen molar-refractivity contribution in [2.45, 2.75) is 19.8 Å². The van der Waals surface area contributed by atoms with E-state index < -0.39 is 0 Å². The summed E-state index contributed by atoms with van der Waals surface area (Å²) in [5.74, 6) is -0.384. The van der Waals surface area contributed by atoms with E-state index in [1.165, 1.54) is 0 Å². The van der Waals surface area contributed by atoms with E-state index in [1.54, 1.807) is 0 Å². The highest BCUT2D eigenvalue weighted by Crippen LogP contribution is 1.94. The van der Waals surface area contributed by atoms with Crippen molar-refractivity contribution in [2.24, 2.45) is 0 Å². The van der Waals surface area contributed by atoms with Crippen molar-refractivity contribution in [3.8, 4) is 0 Å². The van der Waals surface area contributed by atoms with Crippen LogP contribution in [-0.2, 0) is 14.1 Å². The maximum atomic E-state index is 10.5. The van der Waals surface area contributed by atoms with Crippen molar-refractivity contribution in [3.63, 3.8) is 0 Å². The van der Waals surface area contributed by atoms with Crippen molar-refractivity contribution in [2.75, 3.05) is 12.8 Å². The molecular weight excluding hydrogens is 151 g/mol. The van der Waals surface area contributed by atoms with Gasteiger partial charge in [-0.25, -0.2) is 0 Å². The van der Waals surface area contributed by atoms with Crippen LogP contribution in [0.5, 0.6) is 0 Å². The molecule has 0 unspecified atom stereocenters. The van der Waals surface area contributed by atoms with Crippen LogP contribution in [-0.4, -0.2) is 18.7 Å². The van der Waals surface area contributed by atoms with Crippen LogP contribution in [0.2, 0.25) is 0 Å². The topological polar surface area (TPSA) is 43.4 Å². The third-order valence-corrected chi connectivity index (χ3v) is 1.34. The molecule has 0 rings (SSSR count). The average Bonchev–Trinajstić information content (AvgIpc) is 1.89. The second kappa shape index (κ2) is 6.69. The molecule has 10 heavy (non-hydrogen) atoms. The molecule has 3 nitrogen and oxygen atoms in total. The van der Waals surface area contributed by atoms with E-state index in [1.807, 2.05) is 6.92 Å². The molecule has 0 aliphatic rings. The van der Waals surface area contributed by atoms with E-state index in [-0.39, 0.29) is 20.6 Å². The van der Waals surface area contributed by atoms with Gasteiger partial charge in [0.05, 0.1) is 6.61 Å². The van der Waals surface area contributed by atoms with Gasteiger partial charge in [0.15, 0.2) is 8.46 Å². The van der Waals surface area contributed by atoms with E-state index >= 15 is 0 Å². The zero-order valence-corrected chi connectivity index (χ0v) is 6.89. The lowest BCUT2D eigenvalue weighted by Gasteiger charge is -1.98. The Morgan fingerprint density at radius 3 is 2.80 bits per heavy atom. The van der Waals surface area contributed by atoms with Crippen molar-refractivity contribution in [3.05, 3.63) is 0 Å². The Morgan fingerprint density at radius 1 is 1.60 bits per heavy atom. The largest absolute Gasteiger partial charge is 0.465 e. The van der Waals surface area contributed by atoms with Gasteiger partial charge in [0, 0.05) is 0 Å². The molecule has 0 fully saturated rings. The molecule has 0 spiro atoms. The molecule has 0 aromatic rings. The molecule has 0 bridgehead atoms. The summed E-state index contributed by atoms with van der Waals surface area (Å²) in [6, 6.07) is 0. The molecule has 0 aromatic carbocycles. The predicted octanol–water partition coefficient (Wildman–Crippen LogP) is 1.62. The van der Waals surface area contributed by atoms with Crippen LogP contribution in [0.3, 0.4) is 0 Å². The van der Waals surface area contributed by atoms with Crippen molar-refractivity contribution in [1.29, 1.82) is 0 Å². The molecule has 0 aliphatic heterocycles. The first-order valence-corrected chi connectivity index (χ1v) is 4.25. The Bertz CT molecular complexity index is 114. The van der Waals surface area contributed by atoms with Gasteiger partial charge < -0.3 is 4.74 Å². The summed E-state index contributed by atoms with van der Waals surface area (Å²) in [6.45, 7) is 2.46. The number of hydrogen-bond donors (Lipinski definition) is 0. The normalized spacial score (nSPS) is 9.70. The van der Waals surface area contributed by atoms with Gasteiger partial charge in [0.25, 0.3) is 0 Å². The molecule has 0 saturated carbocycles. The molecular formula is C6H11O3P. The minimum absolute atomic E-state index is 0.0241. The van der Waals surface area contributed by atoms with Crippen LogP contribution in [0.15, 0.2) is 0 Å². The summed E-state index contributed by atoms with van der Waals surface area (Å²) >= 11 is 0. The molecule has 4 heteroatoms. The quantitative estimate of drug-likeness (QED) is 0.350. The molecule has 0 radical (unpaired) electrons.